The zero-order valence-electron chi connectivity index (χ0n) is 9.35. The zero-order chi connectivity index (χ0) is 15.5. The number of nitrogens with zero attached hydrogens (tertiary/aromatic N) is 1. The van der Waals surface area contributed by atoms with Crippen LogP contribution in [-0.4, -0.2) is 19.9 Å². The molecule has 0 spiro atoms. The molecule has 0 saturated carbocycles. The maximum absolute atomic E-state index is 13.7. The standard InChI is InChI=1S/C9H5Cl3FNO5S/c10-3-5(11)4-19-9-7(13)1-6(14(15)16)2-8(9)20(12,17)18/h1-3H,4H2/b5-3-. The molecule has 0 radical (unpaired) electrons. The Morgan fingerprint density at radius 3 is 2.55 bits per heavy atom. The smallest absolute Gasteiger partial charge is 0.273 e. The van der Waals surface area contributed by atoms with Crippen molar-refractivity contribution in [1.82, 2.24) is 0 Å². The number of ether oxygens (including phenoxy) is 1. The molecule has 110 valence electrons. The molecule has 0 aromatic heterocycles. The molecule has 1 rings (SSSR count). The zero-order valence-corrected chi connectivity index (χ0v) is 12.4. The van der Waals surface area contributed by atoms with Gasteiger partial charge >= 0.3 is 0 Å². The average Bonchev–Trinajstić information content (AvgIpc) is 2.34. The molecule has 0 aliphatic heterocycles. The summed E-state index contributed by atoms with van der Waals surface area (Å²) in [7, 11) is 0.631. The van der Waals surface area contributed by atoms with E-state index in [0.717, 1.165) is 5.54 Å². The summed E-state index contributed by atoms with van der Waals surface area (Å²) in [5.74, 6) is -2.04. The van der Waals surface area contributed by atoms with Gasteiger partial charge in [0.05, 0.1) is 16.0 Å². The molecule has 11 heteroatoms. The van der Waals surface area contributed by atoms with Crippen LogP contribution in [-0.2, 0) is 9.05 Å². The van der Waals surface area contributed by atoms with Crippen molar-refractivity contribution in [2.45, 2.75) is 4.90 Å². The van der Waals surface area contributed by atoms with E-state index in [1.807, 2.05) is 0 Å². The molecule has 0 saturated heterocycles. The topological polar surface area (TPSA) is 86.5 Å². The Hall–Kier alpha value is -1.09. The Bertz CT molecular complexity index is 676. The first-order valence-corrected chi connectivity index (χ1v) is 7.79. The van der Waals surface area contributed by atoms with Gasteiger partial charge in [0.1, 0.15) is 11.5 Å². The summed E-state index contributed by atoms with van der Waals surface area (Å²) in [6, 6.07) is 1.08. The molecule has 0 unspecified atom stereocenters. The predicted octanol–water partition coefficient (Wildman–Crippen LogP) is 3.36. The highest BCUT2D eigenvalue weighted by atomic mass is 35.7. The molecule has 0 amide bonds. The van der Waals surface area contributed by atoms with Gasteiger partial charge in [-0.1, -0.05) is 23.2 Å². The van der Waals surface area contributed by atoms with Gasteiger partial charge < -0.3 is 4.74 Å². The van der Waals surface area contributed by atoms with E-state index >= 15 is 0 Å². The Morgan fingerprint density at radius 1 is 1.50 bits per heavy atom. The summed E-state index contributed by atoms with van der Waals surface area (Å²) >= 11 is 10.8. The molecular formula is C9H5Cl3FNO5S. The largest absolute Gasteiger partial charge is 0.483 e. The normalized spacial score (nSPS) is 12.3. The number of non-ortho nitro benzene ring substituents is 1. The van der Waals surface area contributed by atoms with Gasteiger partial charge in [-0.2, -0.15) is 0 Å². The number of rotatable bonds is 5. The Labute approximate surface area is 127 Å². The fourth-order valence-corrected chi connectivity index (χ4v) is 2.25. The number of hydrogen-bond donors (Lipinski definition) is 0. The fraction of sp³-hybridized carbons (Fsp3) is 0.111. The van der Waals surface area contributed by atoms with Crippen molar-refractivity contribution in [3.63, 3.8) is 0 Å². The molecule has 0 aliphatic carbocycles. The van der Waals surface area contributed by atoms with E-state index < -0.39 is 42.7 Å². The van der Waals surface area contributed by atoms with Gasteiger partial charge in [0.2, 0.25) is 0 Å². The molecular weight excluding hydrogens is 360 g/mol. The first-order valence-electron chi connectivity index (χ1n) is 4.67. The van der Waals surface area contributed by atoms with E-state index in [1.165, 1.54) is 0 Å². The number of benzene rings is 1. The van der Waals surface area contributed by atoms with Crippen LogP contribution in [0.25, 0.3) is 0 Å². The van der Waals surface area contributed by atoms with Crippen molar-refractivity contribution < 1.29 is 22.5 Å². The van der Waals surface area contributed by atoms with Crippen LogP contribution in [0.1, 0.15) is 0 Å². The van der Waals surface area contributed by atoms with Crippen LogP contribution in [0.3, 0.4) is 0 Å². The van der Waals surface area contributed by atoms with E-state index in [9.17, 15) is 22.9 Å². The van der Waals surface area contributed by atoms with E-state index in [4.69, 9.17) is 38.6 Å². The van der Waals surface area contributed by atoms with E-state index in [0.29, 0.717) is 12.1 Å². The minimum Gasteiger partial charge on any atom is -0.483 e. The molecule has 1 aromatic rings. The van der Waals surface area contributed by atoms with Crippen molar-refractivity contribution >= 4 is 48.6 Å². The molecule has 6 nitrogen and oxygen atoms in total. The van der Waals surface area contributed by atoms with Gasteiger partial charge in [-0.15, -0.1) is 0 Å². The summed E-state index contributed by atoms with van der Waals surface area (Å²) in [5.41, 5.74) is 0.146. The third-order valence-corrected chi connectivity index (χ3v) is 3.86. The Morgan fingerprint density at radius 2 is 2.10 bits per heavy atom. The van der Waals surface area contributed by atoms with E-state index in [-0.39, 0.29) is 5.03 Å². The van der Waals surface area contributed by atoms with Gasteiger partial charge in [0, 0.05) is 22.3 Å². The number of halogens is 4. The van der Waals surface area contributed by atoms with Crippen molar-refractivity contribution in [2.75, 3.05) is 6.61 Å². The molecule has 0 fully saturated rings. The maximum Gasteiger partial charge on any atom is 0.273 e. The summed E-state index contributed by atoms with van der Waals surface area (Å²) in [4.78, 5) is 8.73. The lowest BCUT2D eigenvalue weighted by Crippen LogP contribution is -2.05. The predicted molar refractivity (Wildman–Crippen MR) is 71.4 cm³/mol. The molecule has 1 aromatic carbocycles. The molecule has 0 N–H and O–H groups in total. The van der Waals surface area contributed by atoms with Crippen LogP contribution < -0.4 is 4.74 Å². The fourth-order valence-electron chi connectivity index (χ4n) is 1.15. The monoisotopic (exact) mass is 363 g/mol. The first kappa shape index (κ1) is 17.0. The average molecular weight is 365 g/mol. The van der Waals surface area contributed by atoms with Crippen LogP contribution in [0.4, 0.5) is 10.1 Å². The van der Waals surface area contributed by atoms with Gasteiger partial charge in [0.25, 0.3) is 14.7 Å². The summed E-state index contributed by atoms with van der Waals surface area (Å²) in [6.45, 7) is -0.431. The molecule has 0 aliphatic rings. The van der Waals surface area contributed by atoms with Crippen molar-refractivity contribution in [1.29, 1.82) is 0 Å². The van der Waals surface area contributed by atoms with Gasteiger partial charge in [-0.25, -0.2) is 12.8 Å². The number of nitro groups is 1. The maximum atomic E-state index is 13.7. The Balaban J connectivity index is 3.39. The SMILES string of the molecule is O=[N+]([O-])c1cc(F)c(OC/C(Cl)=C/Cl)c(S(=O)(=O)Cl)c1. The number of hydrogen-bond acceptors (Lipinski definition) is 5. The van der Waals surface area contributed by atoms with Crippen LogP contribution >= 0.6 is 33.9 Å². The number of nitro benzene ring substituents is 1. The lowest BCUT2D eigenvalue weighted by molar-refractivity contribution is -0.385. The van der Waals surface area contributed by atoms with Gasteiger partial charge in [0.15, 0.2) is 11.6 Å². The molecule has 0 bridgehead atoms. The van der Waals surface area contributed by atoms with Crippen molar-refractivity contribution in [3.05, 3.63) is 38.6 Å². The van der Waals surface area contributed by atoms with Gasteiger partial charge in [-0.3, -0.25) is 10.1 Å². The third-order valence-electron chi connectivity index (χ3n) is 1.94. The summed E-state index contributed by atoms with van der Waals surface area (Å²) in [5, 5.41) is 10.5. The second kappa shape index (κ2) is 6.57. The highest BCUT2D eigenvalue weighted by Gasteiger charge is 2.26. The van der Waals surface area contributed by atoms with Crippen LogP contribution in [0, 0.1) is 15.9 Å². The molecule has 0 heterocycles. The second-order valence-electron chi connectivity index (χ2n) is 3.29. The lowest BCUT2D eigenvalue weighted by Gasteiger charge is -2.10. The quantitative estimate of drug-likeness (QED) is 0.454. The minimum atomic E-state index is -4.46. The van der Waals surface area contributed by atoms with Crippen LogP contribution in [0.2, 0.25) is 0 Å². The lowest BCUT2D eigenvalue weighted by atomic mass is 10.3. The van der Waals surface area contributed by atoms with E-state index in [2.05, 4.69) is 0 Å². The molecule has 0 atom stereocenters. The Kier molecular flexibility index (Phi) is 5.58. The van der Waals surface area contributed by atoms with Crippen molar-refractivity contribution in [2.24, 2.45) is 0 Å². The molecule has 20 heavy (non-hydrogen) atoms. The minimum absolute atomic E-state index is 0.0395. The van der Waals surface area contributed by atoms with Gasteiger partial charge in [-0.05, 0) is 0 Å². The van der Waals surface area contributed by atoms with E-state index in [1.54, 1.807) is 0 Å². The second-order valence-corrected chi connectivity index (χ2v) is 6.53. The summed E-state index contributed by atoms with van der Waals surface area (Å²) in [6.07, 6.45) is 0. The first-order chi connectivity index (χ1) is 9.16. The van der Waals surface area contributed by atoms with Crippen molar-refractivity contribution in [3.8, 4) is 5.75 Å². The summed E-state index contributed by atoms with van der Waals surface area (Å²) < 4.78 is 41.2. The van der Waals surface area contributed by atoms with Crippen LogP contribution in [0.5, 0.6) is 5.75 Å². The highest BCUT2D eigenvalue weighted by molar-refractivity contribution is 8.13. The third kappa shape index (κ3) is 4.20. The van der Waals surface area contributed by atoms with Crippen LogP contribution in [0.15, 0.2) is 27.6 Å². The highest BCUT2D eigenvalue weighted by Crippen LogP contribution is 2.34.